The molecule has 0 saturated carbocycles. The molecule has 0 aliphatic heterocycles. The fourth-order valence-electron chi connectivity index (χ4n) is 1.91. The van der Waals surface area contributed by atoms with E-state index in [2.05, 4.69) is 0 Å². The number of phenols is 1. The van der Waals surface area contributed by atoms with Crippen LogP contribution < -0.4 is 0 Å². The molecule has 10 heteroatoms. The molecule has 20 heavy (non-hydrogen) atoms. The topological polar surface area (TPSA) is 150 Å². The monoisotopic (exact) mass is 279 g/mol. The lowest BCUT2D eigenvalue weighted by Gasteiger charge is -2.04. The lowest BCUT2D eigenvalue weighted by molar-refractivity contribution is -0.440. The smallest absolute Gasteiger partial charge is 0.427 e. The molecule has 0 saturated heterocycles. The van der Waals surface area contributed by atoms with Gasteiger partial charge in [0.15, 0.2) is 0 Å². The second-order valence-electron chi connectivity index (χ2n) is 3.71. The van der Waals surface area contributed by atoms with Crippen molar-refractivity contribution in [2.75, 3.05) is 0 Å². The molecule has 0 fully saturated rings. The number of hydrogen-bond acceptors (Lipinski definition) is 7. The van der Waals surface area contributed by atoms with Gasteiger partial charge >= 0.3 is 17.1 Å². The molecule has 0 amide bonds. The molecule has 0 heterocycles. The van der Waals surface area contributed by atoms with Gasteiger partial charge in [0.25, 0.3) is 0 Å². The van der Waals surface area contributed by atoms with Crippen LogP contribution in [0.5, 0.6) is 5.75 Å². The van der Waals surface area contributed by atoms with Crippen LogP contribution in [0.15, 0.2) is 24.3 Å². The van der Waals surface area contributed by atoms with Crippen LogP contribution in [0, 0.1) is 30.3 Å². The van der Waals surface area contributed by atoms with Gasteiger partial charge in [-0.05, 0) is 6.07 Å². The van der Waals surface area contributed by atoms with Crippen molar-refractivity contribution in [3.05, 3.63) is 54.6 Å². The number of rotatable bonds is 3. The first kappa shape index (κ1) is 13.1. The Kier molecular flexibility index (Phi) is 2.90. The number of aromatic hydroxyl groups is 1. The highest BCUT2D eigenvalue weighted by atomic mass is 16.6. The van der Waals surface area contributed by atoms with E-state index in [0.29, 0.717) is 0 Å². The number of nitro groups is 3. The van der Waals surface area contributed by atoms with E-state index in [1.807, 2.05) is 0 Å². The van der Waals surface area contributed by atoms with Crippen molar-refractivity contribution in [3.8, 4) is 5.75 Å². The number of phenolic OH excluding ortho intramolecular Hbond substituents is 1. The van der Waals surface area contributed by atoms with Gasteiger partial charge in [0, 0.05) is 5.39 Å². The fourth-order valence-corrected chi connectivity index (χ4v) is 1.91. The van der Waals surface area contributed by atoms with Crippen LogP contribution in [0.25, 0.3) is 10.8 Å². The minimum atomic E-state index is -1.34. The minimum absolute atomic E-state index is 0.198. The van der Waals surface area contributed by atoms with Crippen LogP contribution >= 0.6 is 0 Å². The van der Waals surface area contributed by atoms with Gasteiger partial charge in [-0.2, -0.15) is 0 Å². The molecule has 2 aromatic rings. The molecule has 0 bridgehead atoms. The molecule has 0 aliphatic carbocycles. The average Bonchev–Trinajstić information content (AvgIpc) is 2.37. The molecule has 102 valence electrons. The Balaban J connectivity index is 3.15. The molecule has 0 radical (unpaired) electrons. The summed E-state index contributed by atoms with van der Waals surface area (Å²) in [6.07, 6.45) is 0. The Morgan fingerprint density at radius 1 is 0.750 bits per heavy atom. The highest BCUT2D eigenvalue weighted by molar-refractivity contribution is 6.03. The van der Waals surface area contributed by atoms with Crippen molar-refractivity contribution in [2.45, 2.75) is 0 Å². The summed E-state index contributed by atoms with van der Waals surface area (Å²) < 4.78 is 0. The Hall–Kier alpha value is -3.30. The van der Waals surface area contributed by atoms with E-state index in [1.165, 1.54) is 24.3 Å². The molecule has 2 aromatic carbocycles. The summed E-state index contributed by atoms with van der Waals surface area (Å²) in [7, 11) is 0. The van der Waals surface area contributed by atoms with Crippen molar-refractivity contribution >= 4 is 27.8 Å². The van der Waals surface area contributed by atoms with Gasteiger partial charge in [-0.15, -0.1) is 0 Å². The Labute approximate surface area is 109 Å². The Morgan fingerprint density at radius 2 is 1.20 bits per heavy atom. The maximum absolute atomic E-state index is 11.0. The molecule has 0 atom stereocenters. The lowest BCUT2D eigenvalue weighted by Crippen LogP contribution is -2.03. The van der Waals surface area contributed by atoms with E-state index in [-0.39, 0.29) is 10.8 Å². The molecule has 10 nitrogen and oxygen atoms in total. The minimum Gasteiger partial charge on any atom is -0.501 e. The predicted molar refractivity (Wildman–Crippen MR) is 65.6 cm³/mol. The first-order valence-corrected chi connectivity index (χ1v) is 5.07. The molecule has 0 unspecified atom stereocenters. The van der Waals surface area contributed by atoms with Crippen LogP contribution in [0.1, 0.15) is 0 Å². The second kappa shape index (κ2) is 4.42. The first-order chi connectivity index (χ1) is 9.36. The quantitative estimate of drug-likeness (QED) is 0.668. The van der Waals surface area contributed by atoms with E-state index in [1.54, 1.807) is 0 Å². The van der Waals surface area contributed by atoms with E-state index >= 15 is 0 Å². The molecule has 0 aromatic heterocycles. The van der Waals surface area contributed by atoms with Gasteiger partial charge < -0.3 is 5.11 Å². The van der Waals surface area contributed by atoms with Gasteiger partial charge in [0.05, 0.1) is 20.2 Å². The van der Waals surface area contributed by atoms with Crippen molar-refractivity contribution in [1.29, 1.82) is 0 Å². The molecule has 2 rings (SSSR count). The third-order valence-electron chi connectivity index (χ3n) is 2.66. The molecule has 0 aliphatic rings. The number of hydrogen-bond donors (Lipinski definition) is 1. The maximum Gasteiger partial charge on any atom is 0.427 e. The molecular formula is C10H5N3O7. The van der Waals surface area contributed by atoms with E-state index in [9.17, 15) is 35.4 Å². The normalized spacial score (nSPS) is 10.4. The summed E-state index contributed by atoms with van der Waals surface area (Å²) in [6.45, 7) is 0. The highest BCUT2D eigenvalue weighted by Gasteiger charge is 2.42. The summed E-state index contributed by atoms with van der Waals surface area (Å²) in [5, 5.41) is 42.2. The zero-order valence-corrected chi connectivity index (χ0v) is 9.55. The van der Waals surface area contributed by atoms with E-state index < -0.39 is 37.6 Å². The van der Waals surface area contributed by atoms with E-state index in [0.717, 1.165) is 0 Å². The standard InChI is InChI=1S/C10H5N3O7/c14-10-6-4-2-1-3-5(6)7(11(15)16)8(12(17)18)9(10)13(19)20/h1-4,14H. The van der Waals surface area contributed by atoms with Gasteiger partial charge in [-0.3, -0.25) is 30.3 Å². The number of nitro benzene ring substituents is 3. The molecule has 1 N–H and O–H groups in total. The maximum atomic E-state index is 11.0. The van der Waals surface area contributed by atoms with E-state index in [4.69, 9.17) is 0 Å². The molecular weight excluding hydrogens is 274 g/mol. The largest absolute Gasteiger partial charge is 0.501 e. The van der Waals surface area contributed by atoms with Gasteiger partial charge in [0.1, 0.15) is 0 Å². The zero-order chi connectivity index (χ0) is 15.0. The molecule has 0 spiro atoms. The van der Waals surface area contributed by atoms with Crippen LogP contribution in [0.4, 0.5) is 17.1 Å². The number of fused-ring (bicyclic) bond motifs is 1. The number of benzene rings is 2. The summed E-state index contributed by atoms with van der Waals surface area (Å²) in [5.41, 5.74) is -3.65. The van der Waals surface area contributed by atoms with Gasteiger partial charge in [0.2, 0.25) is 5.75 Å². The SMILES string of the molecule is O=[N+]([O-])c1c([N+](=O)[O-])c([N+](=O)[O-])c2ccccc2c1O. The lowest BCUT2D eigenvalue weighted by atomic mass is 10.0. The predicted octanol–water partition coefficient (Wildman–Crippen LogP) is 2.27. The Morgan fingerprint density at radius 3 is 1.65 bits per heavy atom. The average molecular weight is 279 g/mol. The first-order valence-electron chi connectivity index (χ1n) is 5.07. The Bertz CT molecular complexity index is 771. The fraction of sp³-hybridized carbons (Fsp3) is 0. The number of nitrogens with zero attached hydrogens (tertiary/aromatic N) is 3. The second-order valence-corrected chi connectivity index (χ2v) is 3.71. The summed E-state index contributed by atoms with van der Waals surface area (Å²) >= 11 is 0. The van der Waals surface area contributed by atoms with Gasteiger partial charge in [-0.1, -0.05) is 18.2 Å². The van der Waals surface area contributed by atoms with Crippen LogP contribution in [0.3, 0.4) is 0 Å². The van der Waals surface area contributed by atoms with Crippen LogP contribution in [-0.2, 0) is 0 Å². The third kappa shape index (κ3) is 1.75. The van der Waals surface area contributed by atoms with Crippen LogP contribution in [0.2, 0.25) is 0 Å². The van der Waals surface area contributed by atoms with Crippen molar-refractivity contribution in [3.63, 3.8) is 0 Å². The zero-order valence-electron chi connectivity index (χ0n) is 9.55. The summed E-state index contributed by atoms with van der Waals surface area (Å²) in [4.78, 5) is 29.3. The highest BCUT2D eigenvalue weighted by Crippen LogP contribution is 2.48. The van der Waals surface area contributed by atoms with Crippen molar-refractivity contribution < 1.29 is 19.9 Å². The van der Waals surface area contributed by atoms with Gasteiger partial charge in [-0.25, -0.2) is 0 Å². The summed E-state index contributed by atoms with van der Waals surface area (Å²) in [6, 6.07) is 5.13. The van der Waals surface area contributed by atoms with Crippen molar-refractivity contribution in [2.24, 2.45) is 0 Å². The summed E-state index contributed by atoms with van der Waals surface area (Å²) in [5.74, 6) is -0.970. The third-order valence-corrected chi connectivity index (χ3v) is 2.66. The van der Waals surface area contributed by atoms with Crippen molar-refractivity contribution in [1.82, 2.24) is 0 Å². The van der Waals surface area contributed by atoms with Crippen LogP contribution in [-0.4, -0.2) is 19.9 Å².